The van der Waals surface area contributed by atoms with E-state index in [-0.39, 0.29) is 11.5 Å². The highest BCUT2D eigenvalue weighted by Crippen LogP contribution is 2.33. The number of aryl methyl sites for hydroxylation is 1. The molecule has 0 aliphatic rings. The summed E-state index contributed by atoms with van der Waals surface area (Å²) in [5.41, 5.74) is 3.77. The number of rotatable bonds is 4. The number of carbonyl (C=O) groups is 1. The molecular formula is C23H16Cl2O3. The molecule has 0 radical (unpaired) electrons. The van der Waals surface area contributed by atoms with Crippen molar-refractivity contribution in [2.24, 2.45) is 0 Å². The predicted molar refractivity (Wildman–Crippen MR) is 113 cm³/mol. The standard InChI is InChI=1S/C23H16Cl2O3/c1-13-18-8-6-15(14-4-3-5-17(10-14)27-2)11-21(18)28-23(13)22(26)19-9-7-16(24)12-20(19)25/h3-12H,1-2H3. The first kappa shape index (κ1) is 18.6. The molecule has 3 nitrogen and oxygen atoms in total. The van der Waals surface area contributed by atoms with E-state index in [9.17, 15) is 4.79 Å². The second-order valence-corrected chi connectivity index (χ2v) is 7.30. The SMILES string of the molecule is COc1cccc(-c2ccc3c(C)c(C(=O)c4ccc(Cl)cc4Cl)oc3c2)c1. The predicted octanol–water partition coefficient (Wildman–Crippen LogP) is 6.95. The molecule has 0 N–H and O–H groups in total. The van der Waals surface area contributed by atoms with Crippen LogP contribution in [0.4, 0.5) is 0 Å². The molecule has 0 atom stereocenters. The number of halogens is 2. The van der Waals surface area contributed by atoms with Crippen molar-refractivity contribution in [3.8, 4) is 16.9 Å². The van der Waals surface area contributed by atoms with E-state index in [2.05, 4.69) is 0 Å². The Hall–Kier alpha value is -2.75. The Morgan fingerprint density at radius 2 is 1.75 bits per heavy atom. The lowest BCUT2D eigenvalue weighted by Gasteiger charge is -2.04. The molecule has 28 heavy (non-hydrogen) atoms. The Labute approximate surface area is 172 Å². The van der Waals surface area contributed by atoms with Crippen molar-refractivity contribution in [2.75, 3.05) is 7.11 Å². The van der Waals surface area contributed by atoms with E-state index in [1.165, 1.54) is 0 Å². The first-order chi connectivity index (χ1) is 13.5. The average molecular weight is 411 g/mol. The first-order valence-electron chi connectivity index (χ1n) is 8.65. The third-order valence-corrected chi connectivity index (χ3v) is 5.27. The van der Waals surface area contributed by atoms with E-state index in [0.29, 0.717) is 21.2 Å². The fourth-order valence-electron chi connectivity index (χ4n) is 3.22. The quantitative estimate of drug-likeness (QED) is 0.341. The van der Waals surface area contributed by atoms with Gasteiger partial charge in [0.05, 0.1) is 12.1 Å². The lowest BCUT2D eigenvalue weighted by molar-refractivity contribution is 0.101. The van der Waals surface area contributed by atoms with Crippen LogP contribution in [0.5, 0.6) is 5.75 Å². The minimum Gasteiger partial charge on any atom is -0.497 e. The molecule has 0 saturated heterocycles. The Balaban J connectivity index is 1.79. The van der Waals surface area contributed by atoms with Gasteiger partial charge in [0.1, 0.15) is 11.3 Å². The molecule has 0 aliphatic heterocycles. The van der Waals surface area contributed by atoms with Gasteiger partial charge in [0.15, 0.2) is 5.76 Å². The average Bonchev–Trinajstić information content (AvgIpc) is 3.03. The second-order valence-electron chi connectivity index (χ2n) is 6.45. The lowest BCUT2D eigenvalue weighted by Crippen LogP contribution is -2.02. The third-order valence-electron chi connectivity index (χ3n) is 4.72. The maximum absolute atomic E-state index is 13.0. The van der Waals surface area contributed by atoms with E-state index < -0.39 is 0 Å². The molecule has 3 aromatic carbocycles. The second kappa shape index (κ2) is 7.34. The van der Waals surface area contributed by atoms with Crippen LogP contribution in [0.25, 0.3) is 22.1 Å². The van der Waals surface area contributed by atoms with Gasteiger partial charge in [0.2, 0.25) is 5.78 Å². The zero-order chi connectivity index (χ0) is 19.8. The van der Waals surface area contributed by atoms with Gasteiger partial charge in [-0.2, -0.15) is 0 Å². The van der Waals surface area contributed by atoms with Gasteiger partial charge in [-0.1, -0.05) is 47.5 Å². The largest absolute Gasteiger partial charge is 0.497 e. The number of benzene rings is 3. The minimum absolute atomic E-state index is 0.265. The molecule has 0 bridgehead atoms. The summed E-state index contributed by atoms with van der Waals surface area (Å²) in [4.78, 5) is 13.0. The van der Waals surface area contributed by atoms with Crippen LogP contribution < -0.4 is 4.74 Å². The molecule has 0 saturated carbocycles. The van der Waals surface area contributed by atoms with Crippen LogP contribution in [0, 0.1) is 6.92 Å². The van der Waals surface area contributed by atoms with E-state index in [1.54, 1.807) is 25.3 Å². The van der Waals surface area contributed by atoms with Crippen LogP contribution in [0.3, 0.4) is 0 Å². The molecule has 0 unspecified atom stereocenters. The summed E-state index contributed by atoms with van der Waals surface area (Å²) in [6, 6.07) is 18.5. The molecule has 0 fully saturated rings. The van der Waals surface area contributed by atoms with Gasteiger partial charge in [-0.05, 0) is 54.4 Å². The number of fused-ring (bicyclic) bond motifs is 1. The Morgan fingerprint density at radius 1 is 0.964 bits per heavy atom. The fraction of sp³-hybridized carbons (Fsp3) is 0.0870. The zero-order valence-electron chi connectivity index (χ0n) is 15.3. The monoisotopic (exact) mass is 410 g/mol. The molecule has 5 heteroatoms. The topological polar surface area (TPSA) is 39.4 Å². The maximum atomic E-state index is 13.0. The summed E-state index contributed by atoms with van der Waals surface area (Å²) < 4.78 is 11.2. The van der Waals surface area contributed by atoms with Gasteiger partial charge < -0.3 is 9.15 Å². The van der Waals surface area contributed by atoms with Crippen LogP contribution in [-0.4, -0.2) is 12.9 Å². The number of hydrogen-bond acceptors (Lipinski definition) is 3. The van der Waals surface area contributed by atoms with E-state index in [1.807, 2.05) is 49.4 Å². The molecule has 140 valence electrons. The number of furan rings is 1. The van der Waals surface area contributed by atoms with Crippen LogP contribution in [0.15, 0.2) is 65.1 Å². The van der Waals surface area contributed by atoms with Crippen LogP contribution in [0.1, 0.15) is 21.7 Å². The summed E-state index contributed by atoms with van der Waals surface area (Å²) in [6.07, 6.45) is 0. The number of ketones is 1. The summed E-state index contributed by atoms with van der Waals surface area (Å²) in [5, 5.41) is 1.67. The number of ether oxygens (including phenoxy) is 1. The molecule has 4 rings (SSSR count). The maximum Gasteiger partial charge on any atom is 0.229 e. The van der Waals surface area contributed by atoms with Crippen molar-refractivity contribution < 1.29 is 13.9 Å². The van der Waals surface area contributed by atoms with Gasteiger partial charge in [-0.25, -0.2) is 0 Å². The van der Waals surface area contributed by atoms with Crippen molar-refractivity contribution in [3.63, 3.8) is 0 Å². The molecule has 1 aromatic heterocycles. The van der Waals surface area contributed by atoms with Crippen LogP contribution in [-0.2, 0) is 0 Å². The van der Waals surface area contributed by atoms with Crippen molar-refractivity contribution in [2.45, 2.75) is 6.92 Å². The molecule has 0 aliphatic carbocycles. The van der Waals surface area contributed by atoms with E-state index in [4.69, 9.17) is 32.4 Å². The van der Waals surface area contributed by atoms with Gasteiger partial charge >= 0.3 is 0 Å². The number of carbonyl (C=O) groups excluding carboxylic acids is 1. The molecule has 4 aromatic rings. The Kier molecular flexibility index (Phi) is 4.88. The van der Waals surface area contributed by atoms with Gasteiger partial charge in [0, 0.05) is 21.5 Å². The van der Waals surface area contributed by atoms with Gasteiger partial charge in [0.25, 0.3) is 0 Å². The molecular weight excluding hydrogens is 395 g/mol. The van der Waals surface area contributed by atoms with Crippen LogP contribution in [0.2, 0.25) is 10.0 Å². The third kappa shape index (κ3) is 3.28. The molecule has 0 spiro atoms. The highest BCUT2D eigenvalue weighted by Gasteiger charge is 2.21. The van der Waals surface area contributed by atoms with Crippen molar-refractivity contribution >= 4 is 40.0 Å². The summed E-state index contributed by atoms with van der Waals surface area (Å²) in [5.74, 6) is 0.793. The highest BCUT2D eigenvalue weighted by atomic mass is 35.5. The highest BCUT2D eigenvalue weighted by molar-refractivity contribution is 6.37. The summed E-state index contributed by atoms with van der Waals surface area (Å²) >= 11 is 12.1. The van der Waals surface area contributed by atoms with E-state index in [0.717, 1.165) is 27.8 Å². The van der Waals surface area contributed by atoms with Crippen molar-refractivity contribution in [3.05, 3.63) is 87.6 Å². The first-order valence-corrected chi connectivity index (χ1v) is 9.41. The fourth-order valence-corrected chi connectivity index (χ4v) is 3.71. The van der Waals surface area contributed by atoms with Gasteiger partial charge in [-0.15, -0.1) is 0 Å². The van der Waals surface area contributed by atoms with Gasteiger partial charge in [-0.3, -0.25) is 4.79 Å². The van der Waals surface area contributed by atoms with E-state index >= 15 is 0 Å². The number of methoxy groups -OCH3 is 1. The number of hydrogen-bond donors (Lipinski definition) is 0. The molecule has 0 amide bonds. The van der Waals surface area contributed by atoms with Crippen molar-refractivity contribution in [1.29, 1.82) is 0 Å². The summed E-state index contributed by atoms with van der Waals surface area (Å²) in [6.45, 7) is 1.87. The normalized spacial score (nSPS) is 11.0. The Morgan fingerprint density at radius 3 is 2.50 bits per heavy atom. The lowest BCUT2D eigenvalue weighted by atomic mass is 10.0. The Bertz CT molecular complexity index is 1210. The zero-order valence-corrected chi connectivity index (χ0v) is 16.8. The van der Waals surface area contributed by atoms with Crippen LogP contribution >= 0.6 is 23.2 Å². The molecule has 1 heterocycles. The smallest absolute Gasteiger partial charge is 0.229 e. The minimum atomic E-state index is -0.265. The summed E-state index contributed by atoms with van der Waals surface area (Å²) in [7, 11) is 1.64. The van der Waals surface area contributed by atoms with Crippen molar-refractivity contribution in [1.82, 2.24) is 0 Å².